The van der Waals surface area contributed by atoms with Crippen molar-refractivity contribution in [3.8, 4) is 0 Å². The summed E-state index contributed by atoms with van der Waals surface area (Å²) in [6.45, 7) is 0.0552. The van der Waals surface area contributed by atoms with Crippen LogP contribution in [0.25, 0.3) is 5.52 Å². The Balaban J connectivity index is 1.76. The predicted octanol–water partition coefficient (Wildman–Crippen LogP) is 4.23. The first-order chi connectivity index (χ1) is 14.6. The molecule has 2 aromatic heterocycles. The number of fused-ring (bicyclic) bond motifs is 1. The molecule has 30 heavy (non-hydrogen) atoms. The molecule has 0 aliphatic heterocycles. The van der Waals surface area contributed by atoms with E-state index >= 15 is 0 Å². The van der Waals surface area contributed by atoms with Crippen molar-refractivity contribution in [1.29, 1.82) is 0 Å². The van der Waals surface area contributed by atoms with Gasteiger partial charge in [-0.05, 0) is 23.8 Å². The quantitative estimate of drug-likeness (QED) is 0.387. The third kappa shape index (κ3) is 3.58. The Morgan fingerprint density at radius 1 is 0.833 bits per heavy atom. The summed E-state index contributed by atoms with van der Waals surface area (Å²) < 4.78 is 6.81. The number of aromatic carboxylic acids is 1. The summed E-state index contributed by atoms with van der Waals surface area (Å²) in [7, 11) is 0. The largest absolute Gasteiger partial charge is 0.478 e. The summed E-state index contributed by atoms with van der Waals surface area (Å²) >= 11 is 0. The van der Waals surface area contributed by atoms with E-state index in [1.807, 2.05) is 30.3 Å². The number of carbonyl (C=O) groups excluding carboxylic acids is 2. The number of carbonyl (C=O) groups is 3. The van der Waals surface area contributed by atoms with Crippen molar-refractivity contribution in [3.63, 3.8) is 0 Å². The molecule has 0 fully saturated rings. The molecule has 0 spiro atoms. The number of ketones is 1. The van der Waals surface area contributed by atoms with Gasteiger partial charge in [0.25, 0.3) is 0 Å². The highest BCUT2D eigenvalue weighted by Crippen LogP contribution is 2.24. The van der Waals surface area contributed by atoms with Crippen LogP contribution in [0.1, 0.15) is 42.3 Å². The Kier molecular flexibility index (Phi) is 5.13. The average molecular weight is 399 g/mol. The number of pyridine rings is 1. The molecule has 2 heterocycles. The molecule has 6 heteroatoms. The van der Waals surface area contributed by atoms with E-state index in [4.69, 9.17) is 4.74 Å². The van der Waals surface area contributed by atoms with Crippen LogP contribution in [0, 0.1) is 0 Å². The first-order valence-electron chi connectivity index (χ1n) is 9.24. The molecule has 0 bridgehead atoms. The molecular weight excluding hydrogens is 382 g/mol. The monoisotopic (exact) mass is 399 g/mol. The number of benzene rings is 2. The molecule has 1 N–H and O–H groups in total. The van der Waals surface area contributed by atoms with Crippen LogP contribution in [0.4, 0.5) is 0 Å². The van der Waals surface area contributed by atoms with E-state index in [2.05, 4.69) is 0 Å². The van der Waals surface area contributed by atoms with Crippen molar-refractivity contribution in [3.05, 3.63) is 113 Å². The van der Waals surface area contributed by atoms with E-state index in [0.717, 1.165) is 5.56 Å². The second-order valence-corrected chi connectivity index (χ2v) is 6.65. The highest BCUT2D eigenvalue weighted by atomic mass is 16.5. The molecular formula is C24H17NO5. The van der Waals surface area contributed by atoms with Gasteiger partial charge in [-0.3, -0.25) is 4.79 Å². The summed E-state index contributed by atoms with van der Waals surface area (Å²) in [5.41, 5.74) is 1.46. The van der Waals surface area contributed by atoms with Crippen molar-refractivity contribution in [2.45, 2.75) is 6.61 Å². The Bertz CT molecular complexity index is 1240. The Hall–Kier alpha value is -4.19. The lowest BCUT2D eigenvalue weighted by Gasteiger charge is -2.08. The lowest BCUT2D eigenvalue weighted by atomic mass is 10.1. The first-order valence-corrected chi connectivity index (χ1v) is 9.24. The zero-order valence-electron chi connectivity index (χ0n) is 15.8. The smallest absolute Gasteiger partial charge is 0.340 e. The lowest BCUT2D eigenvalue weighted by Crippen LogP contribution is -2.10. The van der Waals surface area contributed by atoms with Gasteiger partial charge in [0.05, 0.1) is 22.3 Å². The van der Waals surface area contributed by atoms with Gasteiger partial charge in [0.2, 0.25) is 5.78 Å². The highest BCUT2D eigenvalue weighted by molar-refractivity contribution is 6.13. The predicted molar refractivity (Wildman–Crippen MR) is 110 cm³/mol. The molecule has 0 aliphatic rings. The van der Waals surface area contributed by atoms with Crippen LogP contribution in [-0.4, -0.2) is 27.2 Å². The van der Waals surface area contributed by atoms with Crippen LogP contribution in [0.3, 0.4) is 0 Å². The fraction of sp³-hybridized carbons (Fsp3) is 0.0417. The van der Waals surface area contributed by atoms with Crippen molar-refractivity contribution in [1.82, 2.24) is 4.40 Å². The maximum absolute atomic E-state index is 13.0. The third-order valence-corrected chi connectivity index (χ3v) is 4.72. The number of carboxylic acids is 1. The normalized spacial score (nSPS) is 10.7. The van der Waals surface area contributed by atoms with Crippen LogP contribution >= 0.6 is 0 Å². The topological polar surface area (TPSA) is 85.1 Å². The summed E-state index contributed by atoms with van der Waals surface area (Å²) in [6, 6.07) is 22.1. The van der Waals surface area contributed by atoms with E-state index in [1.165, 1.54) is 16.5 Å². The molecule has 0 saturated carbocycles. The first kappa shape index (κ1) is 19.1. The van der Waals surface area contributed by atoms with E-state index in [0.29, 0.717) is 5.56 Å². The van der Waals surface area contributed by atoms with Gasteiger partial charge >= 0.3 is 11.9 Å². The van der Waals surface area contributed by atoms with E-state index in [9.17, 15) is 19.5 Å². The maximum atomic E-state index is 13.0. The van der Waals surface area contributed by atoms with E-state index in [-0.39, 0.29) is 34.7 Å². The second-order valence-electron chi connectivity index (χ2n) is 6.65. The molecule has 0 saturated heterocycles. The van der Waals surface area contributed by atoms with Crippen molar-refractivity contribution >= 4 is 23.2 Å². The van der Waals surface area contributed by atoms with Crippen LogP contribution in [0.5, 0.6) is 0 Å². The number of rotatable bonds is 6. The zero-order chi connectivity index (χ0) is 21.1. The lowest BCUT2D eigenvalue weighted by molar-refractivity contribution is 0.0474. The van der Waals surface area contributed by atoms with Gasteiger partial charge in [0.1, 0.15) is 6.61 Å². The van der Waals surface area contributed by atoms with Crippen LogP contribution < -0.4 is 0 Å². The van der Waals surface area contributed by atoms with Crippen molar-refractivity contribution < 1.29 is 24.2 Å². The van der Waals surface area contributed by atoms with Gasteiger partial charge in [-0.15, -0.1) is 0 Å². The Labute approximate surface area is 172 Å². The van der Waals surface area contributed by atoms with Gasteiger partial charge in [0, 0.05) is 11.8 Å². The van der Waals surface area contributed by atoms with Crippen LogP contribution in [-0.2, 0) is 11.3 Å². The van der Waals surface area contributed by atoms with Gasteiger partial charge in [-0.2, -0.15) is 0 Å². The minimum absolute atomic E-state index is 0.0552. The summed E-state index contributed by atoms with van der Waals surface area (Å²) in [6.07, 6.45) is 1.56. The molecule has 0 unspecified atom stereocenters. The number of hydrogen-bond donors (Lipinski definition) is 1. The maximum Gasteiger partial charge on any atom is 0.340 e. The van der Waals surface area contributed by atoms with E-state index in [1.54, 1.807) is 42.6 Å². The number of carboxylic acid groups (broad SMARTS) is 1. The van der Waals surface area contributed by atoms with Crippen LogP contribution in [0.15, 0.2) is 85.1 Å². The standard InChI is InChI=1S/C24H17NO5/c26-22(17-10-5-2-6-11-17)20-14-19(23(27)28)21-18(12-7-13-25(20)21)24(29)30-15-16-8-3-1-4-9-16/h1-14H,15H2,(H,27,28). The molecule has 148 valence electrons. The molecule has 6 nitrogen and oxygen atoms in total. The summed E-state index contributed by atoms with van der Waals surface area (Å²) in [4.78, 5) is 37.6. The van der Waals surface area contributed by atoms with Gasteiger partial charge in [0.15, 0.2) is 0 Å². The number of aromatic nitrogens is 1. The van der Waals surface area contributed by atoms with Gasteiger partial charge in [-0.1, -0.05) is 60.7 Å². The molecule has 0 amide bonds. The fourth-order valence-corrected chi connectivity index (χ4v) is 3.30. The van der Waals surface area contributed by atoms with E-state index < -0.39 is 11.9 Å². The average Bonchev–Trinajstić information content (AvgIpc) is 3.18. The second kappa shape index (κ2) is 8.05. The number of ether oxygens (including phenoxy) is 1. The van der Waals surface area contributed by atoms with Gasteiger partial charge in [-0.25, -0.2) is 9.59 Å². The van der Waals surface area contributed by atoms with Crippen molar-refractivity contribution in [2.24, 2.45) is 0 Å². The molecule has 4 rings (SSSR count). The minimum Gasteiger partial charge on any atom is -0.478 e. The SMILES string of the molecule is O=C(O)c1cc(C(=O)c2ccccc2)n2cccc(C(=O)OCc3ccccc3)c12. The molecule has 0 atom stereocenters. The number of hydrogen-bond acceptors (Lipinski definition) is 4. The molecule has 0 radical (unpaired) electrons. The Morgan fingerprint density at radius 2 is 1.50 bits per heavy atom. The zero-order valence-corrected chi connectivity index (χ0v) is 15.8. The highest BCUT2D eigenvalue weighted by Gasteiger charge is 2.24. The molecule has 0 aliphatic carbocycles. The number of esters is 1. The van der Waals surface area contributed by atoms with Crippen LogP contribution in [0.2, 0.25) is 0 Å². The fourth-order valence-electron chi connectivity index (χ4n) is 3.30. The molecule has 4 aromatic rings. The summed E-state index contributed by atoms with van der Waals surface area (Å²) in [5, 5.41) is 9.69. The third-order valence-electron chi connectivity index (χ3n) is 4.72. The van der Waals surface area contributed by atoms with Crippen molar-refractivity contribution in [2.75, 3.05) is 0 Å². The van der Waals surface area contributed by atoms with Gasteiger partial charge < -0.3 is 14.2 Å². The Morgan fingerprint density at radius 3 is 2.17 bits per heavy atom. The molecule has 2 aromatic carbocycles. The summed E-state index contributed by atoms with van der Waals surface area (Å²) in [5.74, 6) is -2.24. The minimum atomic E-state index is -1.23. The number of nitrogens with zero attached hydrogens (tertiary/aromatic N) is 1.